The maximum atomic E-state index is 12.8. The van der Waals surface area contributed by atoms with E-state index in [9.17, 15) is 24.9 Å². The van der Waals surface area contributed by atoms with Crippen LogP contribution in [0.3, 0.4) is 0 Å². The van der Waals surface area contributed by atoms with Gasteiger partial charge in [-0.2, -0.15) is 5.10 Å². The van der Waals surface area contributed by atoms with E-state index < -0.39 is 41.8 Å². The Morgan fingerprint density at radius 1 is 1.12 bits per heavy atom. The van der Waals surface area contributed by atoms with Gasteiger partial charge in [0.05, 0.1) is 17.5 Å². The van der Waals surface area contributed by atoms with Crippen molar-refractivity contribution in [1.82, 2.24) is 5.01 Å². The fourth-order valence-electron chi connectivity index (χ4n) is 3.26. The molecule has 0 fully saturated rings. The van der Waals surface area contributed by atoms with Crippen molar-refractivity contribution in [2.24, 2.45) is 5.10 Å². The van der Waals surface area contributed by atoms with E-state index in [0.717, 1.165) is 17.7 Å². The molecule has 32 heavy (non-hydrogen) atoms. The standard InChI is InChI=1S/C22H17ClN2O7/c23-14-5-3-12(4-6-14)15-10-16(19-2-1-7-31-19)25(24-15)20(28)11-32-22(30)13-8-17(26)21(29)18(27)9-13/h1-9,16,26-27,29H,10-11H2. The lowest BCUT2D eigenvalue weighted by molar-refractivity contribution is -0.136. The second-order valence-corrected chi connectivity index (χ2v) is 7.40. The van der Waals surface area contributed by atoms with Crippen LogP contribution in [-0.2, 0) is 9.53 Å². The molecule has 9 nitrogen and oxygen atoms in total. The van der Waals surface area contributed by atoms with Crippen LogP contribution in [0.4, 0.5) is 0 Å². The van der Waals surface area contributed by atoms with Crippen molar-refractivity contribution < 1.29 is 34.1 Å². The summed E-state index contributed by atoms with van der Waals surface area (Å²) in [7, 11) is 0. The molecule has 0 saturated heterocycles. The topological polar surface area (TPSA) is 133 Å². The third-order valence-electron chi connectivity index (χ3n) is 4.85. The van der Waals surface area contributed by atoms with Gasteiger partial charge in [0, 0.05) is 11.4 Å². The number of halogens is 1. The predicted molar refractivity (Wildman–Crippen MR) is 113 cm³/mol. The molecule has 2 aromatic carbocycles. The number of carbonyl (C=O) groups excluding carboxylic acids is 2. The molecule has 0 bridgehead atoms. The monoisotopic (exact) mass is 456 g/mol. The average Bonchev–Trinajstić information content (AvgIpc) is 3.45. The van der Waals surface area contributed by atoms with Gasteiger partial charge in [0.25, 0.3) is 5.91 Å². The molecule has 0 aliphatic carbocycles. The second kappa shape index (κ2) is 8.64. The molecule has 2 heterocycles. The molecule has 3 aromatic rings. The molecule has 1 amide bonds. The van der Waals surface area contributed by atoms with Crippen molar-refractivity contribution in [3.05, 3.63) is 76.7 Å². The number of ether oxygens (including phenoxy) is 1. The maximum Gasteiger partial charge on any atom is 0.338 e. The van der Waals surface area contributed by atoms with E-state index in [0.29, 0.717) is 22.9 Å². The van der Waals surface area contributed by atoms with E-state index in [2.05, 4.69) is 5.10 Å². The van der Waals surface area contributed by atoms with Gasteiger partial charge >= 0.3 is 5.97 Å². The number of amides is 1. The van der Waals surface area contributed by atoms with Crippen LogP contribution in [-0.4, -0.2) is 44.5 Å². The number of phenolic OH excluding ortho intramolecular Hbond substituents is 3. The smallest absolute Gasteiger partial charge is 0.338 e. The number of esters is 1. The summed E-state index contributed by atoms with van der Waals surface area (Å²) in [5.74, 6) is -3.21. The number of carbonyl (C=O) groups is 2. The third kappa shape index (κ3) is 4.23. The highest BCUT2D eigenvalue weighted by molar-refractivity contribution is 6.30. The summed E-state index contributed by atoms with van der Waals surface area (Å²) in [5.41, 5.74) is 1.18. The Morgan fingerprint density at radius 2 is 1.81 bits per heavy atom. The highest BCUT2D eigenvalue weighted by Gasteiger charge is 2.35. The fourth-order valence-corrected chi connectivity index (χ4v) is 3.38. The van der Waals surface area contributed by atoms with Gasteiger partial charge in [-0.1, -0.05) is 23.7 Å². The SMILES string of the molecule is O=C(OCC(=O)N1N=C(c2ccc(Cl)cc2)CC1c1ccco1)c1cc(O)c(O)c(O)c1. The maximum absolute atomic E-state index is 12.8. The first kappa shape index (κ1) is 21.3. The molecule has 0 spiro atoms. The molecule has 1 aliphatic heterocycles. The van der Waals surface area contributed by atoms with Crippen molar-refractivity contribution in [1.29, 1.82) is 0 Å². The Balaban J connectivity index is 1.52. The average molecular weight is 457 g/mol. The van der Waals surface area contributed by atoms with Gasteiger partial charge in [-0.05, 0) is 42.0 Å². The fraction of sp³-hybridized carbons (Fsp3) is 0.136. The second-order valence-electron chi connectivity index (χ2n) is 6.97. The minimum atomic E-state index is -0.973. The number of benzene rings is 2. The van der Waals surface area contributed by atoms with Gasteiger partial charge in [0.2, 0.25) is 0 Å². The summed E-state index contributed by atoms with van der Waals surface area (Å²) >= 11 is 5.94. The van der Waals surface area contributed by atoms with Crippen LogP contribution in [0.15, 0.2) is 64.3 Å². The molecule has 1 unspecified atom stereocenters. The largest absolute Gasteiger partial charge is 0.504 e. The summed E-state index contributed by atoms with van der Waals surface area (Å²) in [6.45, 7) is -0.643. The third-order valence-corrected chi connectivity index (χ3v) is 5.10. The summed E-state index contributed by atoms with van der Waals surface area (Å²) in [5, 5.41) is 34.7. The lowest BCUT2D eigenvalue weighted by Crippen LogP contribution is -2.31. The Kier molecular flexibility index (Phi) is 5.74. The van der Waals surface area contributed by atoms with Crippen LogP contribution in [0.5, 0.6) is 17.2 Å². The Morgan fingerprint density at radius 3 is 2.44 bits per heavy atom. The van der Waals surface area contributed by atoms with E-state index in [1.807, 2.05) is 0 Å². The lowest BCUT2D eigenvalue weighted by atomic mass is 10.0. The molecule has 0 radical (unpaired) electrons. The van der Waals surface area contributed by atoms with Crippen molar-refractivity contribution in [2.75, 3.05) is 6.61 Å². The number of phenols is 3. The molecule has 1 atom stereocenters. The van der Waals surface area contributed by atoms with E-state index in [1.165, 1.54) is 11.3 Å². The first-order valence-electron chi connectivity index (χ1n) is 9.44. The zero-order chi connectivity index (χ0) is 22.8. The molecule has 1 aromatic heterocycles. The van der Waals surface area contributed by atoms with E-state index in [1.54, 1.807) is 36.4 Å². The van der Waals surface area contributed by atoms with Gasteiger partial charge in [-0.3, -0.25) is 4.79 Å². The van der Waals surface area contributed by atoms with E-state index >= 15 is 0 Å². The highest BCUT2D eigenvalue weighted by Crippen LogP contribution is 2.36. The highest BCUT2D eigenvalue weighted by atomic mass is 35.5. The molecule has 1 aliphatic rings. The van der Waals surface area contributed by atoms with Crippen LogP contribution >= 0.6 is 11.6 Å². The summed E-state index contributed by atoms with van der Waals surface area (Å²) in [4.78, 5) is 25.1. The normalized spacial score (nSPS) is 15.5. The first-order valence-corrected chi connectivity index (χ1v) is 9.82. The summed E-state index contributed by atoms with van der Waals surface area (Å²) < 4.78 is 10.5. The zero-order valence-electron chi connectivity index (χ0n) is 16.4. The number of rotatable bonds is 5. The number of hydrazone groups is 1. The van der Waals surface area contributed by atoms with Gasteiger partial charge in [-0.25, -0.2) is 9.80 Å². The van der Waals surface area contributed by atoms with Crippen molar-refractivity contribution in [3.63, 3.8) is 0 Å². The quantitative estimate of drug-likeness (QED) is 0.394. The van der Waals surface area contributed by atoms with Crippen molar-refractivity contribution in [2.45, 2.75) is 12.5 Å². The van der Waals surface area contributed by atoms with Crippen molar-refractivity contribution >= 4 is 29.2 Å². The Labute approximate surface area is 186 Å². The molecule has 0 saturated carbocycles. The molecule has 10 heteroatoms. The molecule has 3 N–H and O–H groups in total. The molecule has 4 rings (SSSR count). The van der Waals surface area contributed by atoms with Gasteiger partial charge in [0.15, 0.2) is 23.9 Å². The number of aromatic hydroxyl groups is 3. The molecular weight excluding hydrogens is 440 g/mol. The number of hydrogen-bond acceptors (Lipinski definition) is 8. The van der Waals surface area contributed by atoms with Crippen molar-refractivity contribution in [3.8, 4) is 17.2 Å². The van der Waals surface area contributed by atoms with Gasteiger partial charge in [-0.15, -0.1) is 0 Å². The van der Waals surface area contributed by atoms with Crippen LogP contribution in [0.25, 0.3) is 0 Å². The number of hydrogen-bond donors (Lipinski definition) is 3. The van der Waals surface area contributed by atoms with Gasteiger partial charge in [0.1, 0.15) is 11.8 Å². The predicted octanol–water partition coefficient (Wildman–Crippen LogP) is 3.58. The first-order chi connectivity index (χ1) is 15.3. The number of nitrogens with zero attached hydrogens (tertiary/aromatic N) is 2. The summed E-state index contributed by atoms with van der Waals surface area (Å²) in [6.07, 6.45) is 1.87. The van der Waals surface area contributed by atoms with Gasteiger partial charge < -0.3 is 24.5 Å². The van der Waals surface area contributed by atoms with Crippen LogP contribution < -0.4 is 0 Å². The van der Waals surface area contributed by atoms with Crippen LogP contribution in [0.1, 0.15) is 34.1 Å². The Bertz CT molecular complexity index is 1170. The van der Waals surface area contributed by atoms with E-state index in [-0.39, 0.29) is 5.56 Å². The minimum absolute atomic E-state index is 0.236. The lowest BCUT2D eigenvalue weighted by Gasteiger charge is -2.19. The minimum Gasteiger partial charge on any atom is -0.504 e. The molecular formula is C22H17ClN2O7. The van der Waals surface area contributed by atoms with Crippen LogP contribution in [0.2, 0.25) is 5.02 Å². The summed E-state index contributed by atoms with van der Waals surface area (Å²) in [6, 6.07) is 11.7. The van der Waals surface area contributed by atoms with Crippen LogP contribution in [0, 0.1) is 0 Å². The zero-order valence-corrected chi connectivity index (χ0v) is 17.2. The Hall–Kier alpha value is -3.98. The molecule has 164 valence electrons. The number of furan rings is 1. The van der Waals surface area contributed by atoms with E-state index in [4.69, 9.17) is 20.8 Å².